The standard InChI is InChI=1S/C14H12BrFO/c1-9-3-4-10(2)14(5-9)17-13-7-11(15)6-12(16)8-13/h3-8H,1-2H3. The lowest BCUT2D eigenvalue weighted by Gasteiger charge is -2.10. The zero-order valence-corrected chi connectivity index (χ0v) is 11.2. The van der Waals surface area contributed by atoms with Gasteiger partial charge >= 0.3 is 0 Å². The van der Waals surface area contributed by atoms with E-state index in [0.717, 1.165) is 16.9 Å². The van der Waals surface area contributed by atoms with Gasteiger partial charge in [-0.25, -0.2) is 4.39 Å². The largest absolute Gasteiger partial charge is 0.457 e. The third-order valence-corrected chi connectivity index (χ3v) is 2.87. The molecule has 0 aromatic heterocycles. The van der Waals surface area contributed by atoms with Crippen molar-refractivity contribution in [2.75, 3.05) is 0 Å². The van der Waals surface area contributed by atoms with Crippen LogP contribution < -0.4 is 4.74 Å². The number of hydrogen-bond donors (Lipinski definition) is 0. The molecule has 0 bridgehead atoms. The third kappa shape index (κ3) is 3.07. The lowest BCUT2D eigenvalue weighted by atomic mass is 10.1. The maximum atomic E-state index is 13.2. The number of aryl methyl sites for hydroxylation is 2. The van der Waals surface area contributed by atoms with E-state index in [-0.39, 0.29) is 5.82 Å². The van der Waals surface area contributed by atoms with Crippen LogP contribution in [-0.2, 0) is 0 Å². The molecule has 0 amide bonds. The van der Waals surface area contributed by atoms with Crippen molar-refractivity contribution >= 4 is 15.9 Å². The van der Waals surface area contributed by atoms with E-state index in [1.54, 1.807) is 6.07 Å². The van der Waals surface area contributed by atoms with E-state index < -0.39 is 0 Å². The Kier molecular flexibility index (Phi) is 3.48. The Bertz CT molecular complexity index is 532. The van der Waals surface area contributed by atoms with Crippen LogP contribution in [0.5, 0.6) is 11.5 Å². The van der Waals surface area contributed by atoms with E-state index in [1.165, 1.54) is 12.1 Å². The second-order valence-corrected chi connectivity index (χ2v) is 4.89. The third-order valence-electron chi connectivity index (χ3n) is 2.41. The lowest BCUT2D eigenvalue weighted by molar-refractivity contribution is 0.472. The monoisotopic (exact) mass is 294 g/mol. The molecule has 0 aliphatic rings. The molecule has 0 spiro atoms. The summed E-state index contributed by atoms with van der Waals surface area (Å²) in [6, 6.07) is 10.4. The van der Waals surface area contributed by atoms with Gasteiger partial charge in [-0.15, -0.1) is 0 Å². The maximum absolute atomic E-state index is 13.2. The maximum Gasteiger partial charge on any atom is 0.131 e. The van der Waals surface area contributed by atoms with Crippen molar-refractivity contribution in [1.82, 2.24) is 0 Å². The summed E-state index contributed by atoms with van der Waals surface area (Å²) in [5, 5.41) is 0. The highest BCUT2D eigenvalue weighted by Gasteiger charge is 2.04. The summed E-state index contributed by atoms with van der Waals surface area (Å²) in [6.45, 7) is 3.96. The first-order chi connectivity index (χ1) is 8.04. The fourth-order valence-electron chi connectivity index (χ4n) is 1.53. The van der Waals surface area contributed by atoms with Gasteiger partial charge in [-0.1, -0.05) is 28.1 Å². The van der Waals surface area contributed by atoms with Gasteiger partial charge in [0.1, 0.15) is 17.3 Å². The average Bonchev–Trinajstić information content (AvgIpc) is 2.22. The van der Waals surface area contributed by atoms with Crippen molar-refractivity contribution in [1.29, 1.82) is 0 Å². The smallest absolute Gasteiger partial charge is 0.131 e. The first-order valence-corrected chi connectivity index (χ1v) is 6.05. The van der Waals surface area contributed by atoms with Crippen LogP contribution in [0.2, 0.25) is 0 Å². The predicted molar refractivity (Wildman–Crippen MR) is 70.1 cm³/mol. The van der Waals surface area contributed by atoms with Crippen LogP contribution in [-0.4, -0.2) is 0 Å². The molecule has 0 aliphatic carbocycles. The van der Waals surface area contributed by atoms with Crippen LogP contribution in [0.15, 0.2) is 40.9 Å². The highest BCUT2D eigenvalue weighted by molar-refractivity contribution is 9.10. The fourth-order valence-corrected chi connectivity index (χ4v) is 1.98. The zero-order valence-electron chi connectivity index (χ0n) is 9.63. The van der Waals surface area contributed by atoms with E-state index in [4.69, 9.17) is 4.74 Å². The highest BCUT2D eigenvalue weighted by atomic mass is 79.9. The van der Waals surface area contributed by atoms with Gasteiger partial charge in [0.15, 0.2) is 0 Å². The molecule has 0 N–H and O–H groups in total. The van der Waals surface area contributed by atoms with Gasteiger partial charge in [0, 0.05) is 10.5 Å². The molecule has 0 heterocycles. The predicted octanol–water partition coefficient (Wildman–Crippen LogP) is 5.00. The van der Waals surface area contributed by atoms with E-state index in [2.05, 4.69) is 15.9 Å². The molecule has 0 fully saturated rings. The minimum Gasteiger partial charge on any atom is -0.457 e. The Labute approximate surface area is 108 Å². The second-order valence-electron chi connectivity index (χ2n) is 3.98. The molecule has 1 nitrogen and oxygen atoms in total. The molecule has 0 unspecified atom stereocenters. The topological polar surface area (TPSA) is 9.23 Å². The summed E-state index contributed by atoms with van der Waals surface area (Å²) in [6.07, 6.45) is 0. The minimum absolute atomic E-state index is 0.320. The quantitative estimate of drug-likeness (QED) is 0.757. The second kappa shape index (κ2) is 4.88. The van der Waals surface area contributed by atoms with E-state index >= 15 is 0 Å². The summed E-state index contributed by atoms with van der Waals surface area (Å²) in [5.41, 5.74) is 2.14. The van der Waals surface area contributed by atoms with Crippen molar-refractivity contribution in [2.45, 2.75) is 13.8 Å². The SMILES string of the molecule is Cc1ccc(C)c(Oc2cc(F)cc(Br)c2)c1. The molecule has 88 valence electrons. The number of rotatable bonds is 2. The number of halogens is 2. The van der Waals surface area contributed by atoms with Crippen molar-refractivity contribution in [3.05, 3.63) is 57.8 Å². The summed E-state index contributed by atoms with van der Waals surface area (Å²) in [7, 11) is 0. The Balaban J connectivity index is 2.34. The van der Waals surface area contributed by atoms with Gasteiger partial charge in [-0.2, -0.15) is 0 Å². The van der Waals surface area contributed by atoms with Gasteiger partial charge in [0.25, 0.3) is 0 Å². The van der Waals surface area contributed by atoms with E-state index in [0.29, 0.717) is 10.2 Å². The van der Waals surface area contributed by atoms with E-state index in [1.807, 2.05) is 32.0 Å². The summed E-state index contributed by atoms with van der Waals surface area (Å²) in [5.74, 6) is 0.924. The molecular weight excluding hydrogens is 283 g/mol. The first-order valence-electron chi connectivity index (χ1n) is 5.26. The van der Waals surface area contributed by atoms with E-state index in [9.17, 15) is 4.39 Å². The Morgan fingerprint density at radius 2 is 1.82 bits per heavy atom. The molecule has 3 heteroatoms. The Hall–Kier alpha value is -1.35. The molecule has 0 atom stereocenters. The van der Waals surface area contributed by atoms with Crippen LogP contribution in [0.25, 0.3) is 0 Å². The first kappa shape index (κ1) is 12.1. The number of hydrogen-bond acceptors (Lipinski definition) is 1. The number of ether oxygens (including phenoxy) is 1. The molecular formula is C14H12BrFO. The van der Waals surface area contributed by atoms with Gasteiger partial charge in [0.05, 0.1) is 0 Å². The van der Waals surface area contributed by atoms with Crippen molar-refractivity contribution in [2.24, 2.45) is 0 Å². The molecule has 0 saturated heterocycles. The number of benzene rings is 2. The van der Waals surface area contributed by atoms with Crippen molar-refractivity contribution in [3.63, 3.8) is 0 Å². The Morgan fingerprint density at radius 3 is 2.53 bits per heavy atom. The van der Waals surface area contributed by atoms with Crippen LogP contribution in [0.4, 0.5) is 4.39 Å². The summed E-state index contributed by atoms with van der Waals surface area (Å²) in [4.78, 5) is 0. The molecule has 0 saturated carbocycles. The van der Waals surface area contributed by atoms with Crippen LogP contribution in [0, 0.1) is 19.7 Å². The molecule has 2 aromatic carbocycles. The average molecular weight is 295 g/mol. The summed E-state index contributed by atoms with van der Waals surface area (Å²) >= 11 is 3.24. The molecule has 17 heavy (non-hydrogen) atoms. The zero-order chi connectivity index (χ0) is 12.4. The van der Waals surface area contributed by atoms with Gasteiger partial charge in [-0.05, 0) is 43.2 Å². The van der Waals surface area contributed by atoms with Crippen LogP contribution >= 0.6 is 15.9 Å². The fraction of sp³-hybridized carbons (Fsp3) is 0.143. The van der Waals surface area contributed by atoms with Crippen molar-refractivity contribution < 1.29 is 9.13 Å². The lowest BCUT2D eigenvalue weighted by Crippen LogP contribution is -1.89. The minimum atomic E-state index is -0.320. The van der Waals surface area contributed by atoms with Crippen LogP contribution in [0.3, 0.4) is 0 Å². The molecule has 2 aromatic rings. The Morgan fingerprint density at radius 1 is 1.06 bits per heavy atom. The molecule has 2 rings (SSSR count). The normalized spacial score (nSPS) is 10.4. The van der Waals surface area contributed by atoms with Crippen molar-refractivity contribution in [3.8, 4) is 11.5 Å². The van der Waals surface area contributed by atoms with Crippen LogP contribution in [0.1, 0.15) is 11.1 Å². The highest BCUT2D eigenvalue weighted by Crippen LogP contribution is 2.28. The molecule has 0 aliphatic heterocycles. The molecule has 0 radical (unpaired) electrons. The summed E-state index contributed by atoms with van der Waals surface area (Å²) < 4.78 is 19.5. The van der Waals surface area contributed by atoms with Gasteiger partial charge in [-0.3, -0.25) is 0 Å². The van der Waals surface area contributed by atoms with Gasteiger partial charge < -0.3 is 4.74 Å². The van der Waals surface area contributed by atoms with Gasteiger partial charge in [0.2, 0.25) is 0 Å².